The predicted octanol–water partition coefficient (Wildman–Crippen LogP) is 3.77. The molecule has 7 nitrogen and oxygen atoms in total. The Balaban J connectivity index is 2.01. The third-order valence-corrected chi connectivity index (χ3v) is 5.66. The summed E-state index contributed by atoms with van der Waals surface area (Å²) in [5.41, 5.74) is 0.587. The fraction of sp³-hybridized carbons (Fsp3) is 0.250. The van der Waals surface area contributed by atoms with E-state index in [0.717, 1.165) is 12.1 Å². The molecule has 0 aliphatic heterocycles. The van der Waals surface area contributed by atoms with Crippen molar-refractivity contribution < 1.29 is 26.7 Å². The Labute approximate surface area is 168 Å². The van der Waals surface area contributed by atoms with Crippen LogP contribution in [0.2, 0.25) is 0 Å². The Bertz CT molecular complexity index is 1050. The van der Waals surface area contributed by atoms with Gasteiger partial charge < -0.3 is 19.2 Å². The van der Waals surface area contributed by atoms with Crippen LogP contribution in [-0.2, 0) is 14.6 Å². The second kappa shape index (κ2) is 9.06. The van der Waals surface area contributed by atoms with E-state index < -0.39 is 15.7 Å². The van der Waals surface area contributed by atoms with E-state index in [0.29, 0.717) is 31.1 Å². The molecule has 0 atom stereocenters. The van der Waals surface area contributed by atoms with Crippen molar-refractivity contribution in [1.82, 2.24) is 4.98 Å². The predicted molar refractivity (Wildman–Crippen MR) is 105 cm³/mol. The van der Waals surface area contributed by atoms with Crippen molar-refractivity contribution in [1.29, 1.82) is 0 Å². The van der Waals surface area contributed by atoms with Crippen molar-refractivity contribution in [2.75, 3.05) is 32.2 Å². The van der Waals surface area contributed by atoms with Crippen molar-refractivity contribution in [2.24, 2.45) is 0 Å². The van der Waals surface area contributed by atoms with E-state index in [-0.39, 0.29) is 21.7 Å². The van der Waals surface area contributed by atoms with Crippen molar-refractivity contribution in [2.45, 2.75) is 16.8 Å². The average molecular weight is 420 g/mol. The third kappa shape index (κ3) is 4.75. The highest BCUT2D eigenvalue weighted by Gasteiger charge is 2.28. The smallest absolute Gasteiger partial charge is 0.233 e. The van der Waals surface area contributed by atoms with Gasteiger partial charge in [0.05, 0.1) is 18.1 Å². The van der Waals surface area contributed by atoms with Crippen molar-refractivity contribution in [3.63, 3.8) is 0 Å². The van der Waals surface area contributed by atoms with Crippen molar-refractivity contribution in [3.8, 4) is 17.2 Å². The maximum absolute atomic E-state index is 13.2. The summed E-state index contributed by atoms with van der Waals surface area (Å²) in [6, 6.07) is 11.5. The minimum absolute atomic E-state index is 0.00439. The summed E-state index contributed by atoms with van der Waals surface area (Å²) in [7, 11) is -2.50. The van der Waals surface area contributed by atoms with Gasteiger partial charge in [-0.3, -0.25) is 0 Å². The number of nitrogens with zero attached hydrogens (tertiary/aromatic N) is 1. The number of sulfone groups is 1. The molecule has 0 aliphatic carbocycles. The number of benzene rings is 2. The molecule has 0 aliphatic rings. The molecule has 0 amide bonds. The van der Waals surface area contributed by atoms with Crippen LogP contribution in [0.15, 0.2) is 62.9 Å². The number of halogens is 1. The topological polar surface area (TPSA) is 90.7 Å². The molecule has 1 aromatic heterocycles. The van der Waals surface area contributed by atoms with Gasteiger partial charge in [-0.15, -0.1) is 0 Å². The maximum Gasteiger partial charge on any atom is 0.233 e. The largest absolute Gasteiger partial charge is 0.494 e. The van der Waals surface area contributed by atoms with Crippen LogP contribution in [0.5, 0.6) is 5.75 Å². The molecule has 0 bridgehead atoms. The number of hydrogen-bond acceptors (Lipinski definition) is 7. The molecule has 154 valence electrons. The molecule has 0 radical (unpaired) electrons. The summed E-state index contributed by atoms with van der Waals surface area (Å²) in [5.74, 6) is 0.280. The number of methoxy groups -OCH3 is 1. The van der Waals surface area contributed by atoms with E-state index in [9.17, 15) is 12.8 Å². The van der Waals surface area contributed by atoms with Gasteiger partial charge in [0.15, 0.2) is 0 Å². The Morgan fingerprint density at radius 1 is 1.10 bits per heavy atom. The normalized spacial score (nSPS) is 11.4. The molecular formula is C20H21FN2O5S. The first kappa shape index (κ1) is 20.8. The average Bonchev–Trinajstić information content (AvgIpc) is 3.14. The van der Waals surface area contributed by atoms with E-state index in [4.69, 9.17) is 13.9 Å². The molecule has 0 unspecified atom stereocenters. The zero-order valence-corrected chi connectivity index (χ0v) is 16.8. The van der Waals surface area contributed by atoms with Gasteiger partial charge in [-0.2, -0.15) is 4.98 Å². The summed E-state index contributed by atoms with van der Waals surface area (Å²) in [5, 5.41) is 2.62. The highest BCUT2D eigenvalue weighted by molar-refractivity contribution is 7.91. The molecule has 0 saturated heterocycles. The highest BCUT2D eigenvalue weighted by Crippen LogP contribution is 2.33. The lowest BCUT2D eigenvalue weighted by Gasteiger charge is -2.05. The summed E-state index contributed by atoms with van der Waals surface area (Å²) < 4.78 is 55.4. The van der Waals surface area contributed by atoms with Crippen LogP contribution in [0.3, 0.4) is 0 Å². The van der Waals surface area contributed by atoms with Crippen LogP contribution in [0.1, 0.15) is 6.92 Å². The molecule has 9 heteroatoms. The van der Waals surface area contributed by atoms with E-state index in [1.807, 2.05) is 6.92 Å². The molecule has 1 N–H and O–H groups in total. The molecule has 2 aromatic carbocycles. The Morgan fingerprint density at radius 2 is 1.79 bits per heavy atom. The van der Waals surface area contributed by atoms with Gasteiger partial charge in [-0.25, -0.2) is 12.8 Å². The molecule has 0 fully saturated rings. The van der Waals surface area contributed by atoms with Crippen LogP contribution in [0.25, 0.3) is 11.5 Å². The SMILES string of the molecule is CCOc1ccc(-c2nc(S(=O)(=O)c3ccc(F)cc3)c(NCCOC)o2)cc1. The first-order chi connectivity index (χ1) is 14.0. The van der Waals surface area contributed by atoms with Crippen molar-refractivity contribution >= 4 is 15.7 Å². The number of oxazole rings is 1. The van der Waals surface area contributed by atoms with Crippen LogP contribution in [-0.4, -0.2) is 40.3 Å². The lowest BCUT2D eigenvalue weighted by atomic mass is 10.2. The molecular weight excluding hydrogens is 399 g/mol. The minimum atomic E-state index is -4.03. The van der Waals surface area contributed by atoms with Crippen molar-refractivity contribution in [3.05, 3.63) is 54.3 Å². The third-order valence-electron chi connectivity index (χ3n) is 3.98. The first-order valence-corrected chi connectivity index (χ1v) is 10.4. The fourth-order valence-electron chi connectivity index (χ4n) is 2.58. The first-order valence-electron chi connectivity index (χ1n) is 8.93. The summed E-state index contributed by atoms with van der Waals surface area (Å²) in [6.45, 7) is 3.08. The Hall–Kier alpha value is -2.91. The number of ether oxygens (including phenoxy) is 2. The van der Waals surface area contributed by atoms with Gasteiger partial charge in [0.1, 0.15) is 11.6 Å². The molecule has 1 heterocycles. The van der Waals surface area contributed by atoms with Crippen LogP contribution < -0.4 is 10.1 Å². The second-order valence-corrected chi connectivity index (χ2v) is 7.85. The molecule has 3 rings (SSSR count). The summed E-state index contributed by atoms with van der Waals surface area (Å²) in [4.78, 5) is 4.13. The number of rotatable bonds is 9. The number of aromatic nitrogens is 1. The van der Waals surface area contributed by atoms with E-state index in [2.05, 4.69) is 10.3 Å². The zero-order chi connectivity index (χ0) is 20.9. The van der Waals surface area contributed by atoms with Gasteiger partial charge in [0.2, 0.25) is 26.6 Å². The number of hydrogen-bond donors (Lipinski definition) is 1. The van der Waals surface area contributed by atoms with Gasteiger partial charge >= 0.3 is 0 Å². The molecule has 3 aromatic rings. The quantitative estimate of drug-likeness (QED) is 0.416. The number of anilines is 1. The molecule has 29 heavy (non-hydrogen) atoms. The van der Waals surface area contributed by atoms with E-state index in [1.165, 1.54) is 19.2 Å². The van der Waals surface area contributed by atoms with Crippen LogP contribution in [0.4, 0.5) is 10.3 Å². The van der Waals surface area contributed by atoms with Gasteiger partial charge in [-0.05, 0) is 55.5 Å². The standard InChI is InChI=1S/C20H21FN2O5S/c1-3-27-16-8-4-14(5-9-16)18-23-20(19(28-18)22-12-13-26-2)29(24,25)17-10-6-15(21)7-11-17/h4-11,22H,3,12-13H2,1-2H3. The Kier molecular flexibility index (Phi) is 6.50. The minimum Gasteiger partial charge on any atom is -0.494 e. The van der Waals surface area contributed by atoms with Gasteiger partial charge in [0.25, 0.3) is 0 Å². The number of nitrogens with one attached hydrogen (secondary N) is 1. The lowest BCUT2D eigenvalue weighted by molar-refractivity contribution is 0.210. The molecule has 0 saturated carbocycles. The van der Waals surface area contributed by atoms with Crippen LogP contribution in [0, 0.1) is 5.82 Å². The fourth-order valence-corrected chi connectivity index (χ4v) is 3.85. The summed E-state index contributed by atoms with van der Waals surface area (Å²) >= 11 is 0. The monoisotopic (exact) mass is 420 g/mol. The van der Waals surface area contributed by atoms with E-state index >= 15 is 0 Å². The molecule has 0 spiro atoms. The second-order valence-electron chi connectivity index (χ2n) is 5.99. The Morgan fingerprint density at radius 3 is 2.41 bits per heavy atom. The van der Waals surface area contributed by atoms with Crippen LogP contribution >= 0.6 is 0 Å². The van der Waals surface area contributed by atoms with Gasteiger partial charge in [-0.1, -0.05) is 0 Å². The highest BCUT2D eigenvalue weighted by atomic mass is 32.2. The lowest BCUT2D eigenvalue weighted by Crippen LogP contribution is -2.11. The van der Waals surface area contributed by atoms with E-state index in [1.54, 1.807) is 24.3 Å². The zero-order valence-electron chi connectivity index (χ0n) is 16.0. The maximum atomic E-state index is 13.2. The summed E-state index contributed by atoms with van der Waals surface area (Å²) in [6.07, 6.45) is 0. The van der Waals surface area contributed by atoms with Gasteiger partial charge in [0, 0.05) is 19.2 Å².